The van der Waals surface area contributed by atoms with E-state index >= 15 is 0 Å². The molecule has 2 heterocycles. The van der Waals surface area contributed by atoms with Crippen LogP contribution in [0.5, 0.6) is 5.75 Å². The molecule has 0 saturated heterocycles. The van der Waals surface area contributed by atoms with E-state index < -0.39 is 0 Å². The molecule has 24 heavy (non-hydrogen) atoms. The van der Waals surface area contributed by atoms with E-state index in [2.05, 4.69) is 15.3 Å². The van der Waals surface area contributed by atoms with Crippen LogP contribution in [-0.4, -0.2) is 39.7 Å². The number of ether oxygens (including phenoxy) is 1. The predicted octanol–water partition coefficient (Wildman–Crippen LogP) is 1.35. The number of amides is 1. The van der Waals surface area contributed by atoms with Gasteiger partial charge in [0, 0.05) is 30.6 Å². The molecule has 0 radical (unpaired) electrons. The molecule has 2 aromatic heterocycles. The van der Waals surface area contributed by atoms with Gasteiger partial charge in [0.25, 0.3) is 5.91 Å². The highest BCUT2D eigenvalue weighted by molar-refractivity contribution is 5.77. The monoisotopic (exact) mass is 327 g/mol. The second-order valence-electron chi connectivity index (χ2n) is 6.06. The summed E-state index contributed by atoms with van der Waals surface area (Å²) < 4.78 is 5.43. The van der Waals surface area contributed by atoms with E-state index in [-0.39, 0.29) is 30.6 Å². The van der Waals surface area contributed by atoms with Crippen molar-refractivity contribution in [3.05, 3.63) is 54.6 Å². The second kappa shape index (κ2) is 7.88. The van der Waals surface area contributed by atoms with E-state index in [0.717, 1.165) is 5.69 Å². The third-order valence-corrected chi connectivity index (χ3v) is 4.22. The van der Waals surface area contributed by atoms with Crippen LogP contribution in [0, 0.1) is 5.92 Å². The van der Waals surface area contributed by atoms with Gasteiger partial charge in [0.1, 0.15) is 5.75 Å². The molecule has 1 aliphatic rings. The molecule has 126 valence electrons. The fourth-order valence-electron chi connectivity index (χ4n) is 2.87. The van der Waals surface area contributed by atoms with Crippen LogP contribution in [0.3, 0.4) is 0 Å². The Morgan fingerprint density at radius 3 is 2.83 bits per heavy atom. The summed E-state index contributed by atoms with van der Waals surface area (Å²) in [7, 11) is 0. The normalized spacial score (nSPS) is 20.7. The summed E-state index contributed by atoms with van der Waals surface area (Å²) in [5.41, 5.74) is 0.928. The maximum atomic E-state index is 12.2. The van der Waals surface area contributed by atoms with E-state index in [1.165, 1.54) is 0 Å². The SMILES string of the molecule is O=C(COc1cccnc1)N[C@H](Cc1ccccn1)C1CC(O)C1. The Hall–Kier alpha value is -2.47. The van der Waals surface area contributed by atoms with Gasteiger partial charge >= 0.3 is 0 Å². The largest absolute Gasteiger partial charge is 0.482 e. The Morgan fingerprint density at radius 1 is 1.29 bits per heavy atom. The molecule has 1 saturated carbocycles. The number of pyridine rings is 2. The van der Waals surface area contributed by atoms with Gasteiger partial charge in [-0.05, 0) is 43.0 Å². The second-order valence-corrected chi connectivity index (χ2v) is 6.06. The van der Waals surface area contributed by atoms with Crippen molar-refractivity contribution in [2.45, 2.75) is 31.4 Å². The fourth-order valence-corrected chi connectivity index (χ4v) is 2.87. The molecular weight excluding hydrogens is 306 g/mol. The summed E-state index contributed by atoms with van der Waals surface area (Å²) in [5, 5.41) is 12.6. The average Bonchev–Trinajstić information content (AvgIpc) is 2.58. The summed E-state index contributed by atoms with van der Waals surface area (Å²) in [5.74, 6) is 0.651. The zero-order valence-electron chi connectivity index (χ0n) is 13.3. The maximum Gasteiger partial charge on any atom is 0.258 e. The van der Waals surface area contributed by atoms with Crippen molar-refractivity contribution in [2.75, 3.05) is 6.61 Å². The molecule has 0 aliphatic heterocycles. The first-order valence-electron chi connectivity index (χ1n) is 8.11. The first-order valence-corrected chi connectivity index (χ1v) is 8.11. The molecule has 6 nitrogen and oxygen atoms in total. The Kier molecular flexibility index (Phi) is 5.38. The lowest BCUT2D eigenvalue weighted by atomic mass is 9.76. The van der Waals surface area contributed by atoms with Crippen LogP contribution in [0.2, 0.25) is 0 Å². The quantitative estimate of drug-likeness (QED) is 0.802. The van der Waals surface area contributed by atoms with Gasteiger partial charge < -0.3 is 15.2 Å². The van der Waals surface area contributed by atoms with Gasteiger partial charge in [0.2, 0.25) is 0 Å². The van der Waals surface area contributed by atoms with E-state index in [1.54, 1.807) is 30.7 Å². The summed E-state index contributed by atoms with van der Waals surface area (Å²) in [4.78, 5) is 20.5. The number of rotatable bonds is 7. The van der Waals surface area contributed by atoms with Gasteiger partial charge in [0.05, 0.1) is 12.3 Å². The molecule has 3 rings (SSSR count). The molecule has 2 aromatic rings. The fraction of sp³-hybridized carbons (Fsp3) is 0.389. The number of nitrogens with one attached hydrogen (secondary N) is 1. The molecule has 0 spiro atoms. The standard InChI is InChI=1S/C18H21N3O3/c22-15-8-13(9-15)17(10-14-4-1-2-7-20-14)21-18(23)12-24-16-5-3-6-19-11-16/h1-7,11,13,15,17,22H,8-10,12H2,(H,21,23)/t13?,15?,17-/m1/s1. The molecule has 0 bridgehead atoms. The van der Waals surface area contributed by atoms with Crippen molar-refractivity contribution in [3.8, 4) is 5.75 Å². The summed E-state index contributed by atoms with van der Waals surface area (Å²) in [6, 6.07) is 9.21. The third-order valence-electron chi connectivity index (χ3n) is 4.22. The lowest BCUT2D eigenvalue weighted by Gasteiger charge is -2.38. The van der Waals surface area contributed by atoms with Gasteiger partial charge in [-0.3, -0.25) is 14.8 Å². The highest BCUT2D eigenvalue weighted by Gasteiger charge is 2.35. The first-order chi connectivity index (χ1) is 11.7. The third kappa shape index (κ3) is 4.52. The molecule has 0 unspecified atom stereocenters. The predicted molar refractivity (Wildman–Crippen MR) is 88.3 cm³/mol. The van der Waals surface area contributed by atoms with Crippen LogP contribution in [0.4, 0.5) is 0 Å². The van der Waals surface area contributed by atoms with Crippen molar-refractivity contribution < 1.29 is 14.6 Å². The summed E-state index contributed by atoms with van der Waals surface area (Å²) >= 11 is 0. The van der Waals surface area contributed by atoms with Crippen molar-refractivity contribution in [1.29, 1.82) is 0 Å². The highest BCUT2D eigenvalue weighted by Crippen LogP contribution is 2.31. The first kappa shape index (κ1) is 16.4. The maximum absolute atomic E-state index is 12.2. The van der Waals surface area contributed by atoms with Crippen molar-refractivity contribution in [1.82, 2.24) is 15.3 Å². The van der Waals surface area contributed by atoms with Crippen molar-refractivity contribution in [3.63, 3.8) is 0 Å². The molecule has 1 aliphatic carbocycles. The van der Waals surface area contributed by atoms with Gasteiger partial charge in [-0.25, -0.2) is 0 Å². The van der Waals surface area contributed by atoms with Crippen LogP contribution in [0.1, 0.15) is 18.5 Å². The number of nitrogens with zero attached hydrogens (tertiary/aromatic N) is 2. The smallest absolute Gasteiger partial charge is 0.258 e. The van der Waals surface area contributed by atoms with E-state index in [9.17, 15) is 9.90 Å². The van der Waals surface area contributed by atoms with Gasteiger partial charge in [-0.1, -0.05) is 6.07 Å². The molecule has 1 amide bonds. The van der Waals surface area contributed by atoms with Crippen molar-refractivity contribution in [2.24, 2.45) is 5.92 Å². The lowest BCUT2D eigenvalue weighted by Crippen LogP contribution is -2.49. The van der Waals surface area contributed by atoms with E-state index in [1.807, 2.05) is 18.2 Å². The van der Waals surface area contributed by atoms with Gasteiger partial charge in [-0.15, -0.1) is 0 Å². The summed E-state index contributed by atoms with van der Waals surface area (Å²) in [6.45, 7) is -0.0559. The Morgan fingerprint density at radius 2 is 2.17 bits per heavy atom. The Labute approximate surface area is 140 Å². The average molecular weight is 327 g/mol. The van der Waals surface area contributed by atoms with Crippen LogP contribution >= 0.6 is 0 Å². The molecule has 1 fully saturated rings. The van der Waals surface area contributed by atoms with Gasteiger partial charge in [-0.2, -0.15) is 0 Å². The number of carbonyl (C=O) groups excluding carboxylic acids is 1. The molecule has 2 N–H and O–H groups in total. The molecule has 1 atom stereocenters. The van der Waals surface area contributed by atoms with Gasteiger partial charge in [0.15, 0.2) is 6.61 Å². The number of carbonyl (C=O) groups is 1. The highest BCUT2D eigenvalue weighted by atomic mass is 16.5. The summed E-state index contributed by atoms with van der Waals surface area (Å²) in [6.07, 6.45) is 6.78. The van der Waals surface area contributed by atoms with Crippen LogP contribution in [-0.2, 0) is 11.2 Å². The minimum atomic E-state index is -0.259. The number of aliphatic hydroxyl groups is 1. The van der Waals surface area contributed by atoms with E-state index in [0.29, 0.717) is 25.0 Å². The number of hydrogen-bond acceptors (Lipinski definition) is 5. The van der Waals surface area contributed by atoms with Crippen molar-refractivity contribution >= 4 is 5.91 Å². The lowest BCUT2D eigenvalue weighted by molar-refractivity contribution is -0.125. The number of aliphatic hydroxyl groups excluding tert-OH is 1. The Bertz CT molecular complexity index is 645. The Balaban J connectivity index is 1.55. The molecular formula is C18H21N3O3. The number of aromatic nitrogens is 2. The molecule has 0 aromatic carbocycles. The van der Waals surface area contributed by atoms with Crippen LogP contribution in [0.25, 0.3) is 0 Å². The van der Waals surface area contributed by atoms with Crippen LogP contribution in [0.15, 0.2) is 48.9 Å². The zero-order valence-corrected chi connectivity index (χ0v) is 13.3. The zero-order chi connectivity index (χ0) is 16.8. The number of hydrogen-bond donors (Lipinski definition) is 2. The topological polar surface area (TPSA) is 84.3 Å². The molecule has 6 heteroatoms. The van der Waals surface area contributed by atoms with Crippen LogP contribution < -0.4 is 10.1 Å². The minimum Gasteiger partial charge on any atom is -0.482 e. The minimum absolute atomic E-state index is 0.0479. The van der Waals surface area contributed by atoms with E-state index in [4.69, 9.17) is 4.74 Å².